The summed E-state index contributed by atoms with van der Waals surface area (Å²) in [6.07, 6.45) is 1.08. The standard InChI is InChI=1S/C14H19BrN2O3/c1-4-11-5-12(17(18)19)6-13(15)14(11)16-7-9(2)20-10(3)8-16/h5-6,9-10H,4,7-8H2,1-3H3/t9-,10-/m1/s1. The highest BCUT2D eigenvalue weighted by molar-refractivity contribution is 9.10. The van der Waals surface area contributed by atoms with E-state index in [2.05, 4.69) is 20.8 Å². The van der Waals surface area contributed by atoms with Crippen molar-refractivity contribution in [2.45, 2.75) is 39.4 Å². The van der Waals surface area contributed by atoms with Crippen LogP contribution in [0.2, 0.25) is 0 Å². The molecule has 0 N–H and O–H groups in total. The van der Waals surface area contributed by atoms with Gasteiger partial charge < -0.3 is 9.64 Å². The molecule has 1 aliphatic rings. The van der Waals surface area contributed by atoms with Gasteiger partial charge in [0.1, 0.15) is 0 Å². The average molecular weight is 343 g/mol. The maximum atomic E-state index is 11.0. The van der Waals surface area contributed by atoms with E-state index in [9.17, 15) is 10.1 Å². The van der Waals surface area contributed by atoms with E-state index in [-0.39, 0.29) is 22.8 Å². The van der Waals surface area contributed by atoms with Crippen LogP contribution in [0.5, 0.6) is 0 Å². The Hall–Kier alpha value is -1.14. The number of hydrogen-bond acceptors (Lipinski definition) is 4. The van der Waals surface area contributed by atoms with Crippen LogP contribution in [0.25, 0.3) is 0 Å². The first-order chi connectivity index (χ1) is 9.42. The van der Waals surface area contributed by atoms with Crippen molar-refractivity contribution < 1.29 is 9.66 Å². The van der Waals surface area contributed by atoms with Gasteiger partial charge >= 0.3 is 0 Å². The Morgan fingerprint density at radius 3 is 2.50 bits per heavy atom. The van der Waals surface area contributed by atoms with Crippen molar-refractivity contribution in [2.75, 3.05) is 18.0 Å². The average Bonchev–Trinajstić information content (AvgIpc) is 2.36. The predicted molar refractivity (Wildman–Crippen MR) is 82.4 cm³/mol. The predicted octanol–water partition coefficient (Wildman–Crippen LogP) is 3.53. The molecular formula is C14H19BrN2O3. The second-order valence-corrected chi connectivity index (χ2v) is 6.06. The molecule has 0 bridgehead atoms. The lowest BCUT2D eigenvalue weighted by Crippen LogP contribution is -2.46. The molecule has 0 aromatic heterocycles. The Bertz CT molecular complexity index is 511. The zero-order valence-electron chi connectivity index (χ0n) is 11.9. The first-order valence-electron chi connectivity index (χ1n) is 6.79. The molecule has 5 nitrogen and oxygen atoms in total. The van der Waals surface area contributed by atoms with Gasteiger partial charge in [0.2, 0.25) is 0 Å². The summed E-state index contributed by atoms with van der Waals surface area (Å²) in [5, 5.41) is 11.0. The molecule has 0 spiro atoms. The smallest absolute Gasteiger partial charge is 0.270 e. The lowest BCUT2D eigenvalue weighted by molar-refractivity contribution is -0.385. The highest BCUT2D eigenvalue weighted by atomic mass is 79.9. The molecule has 0 radical (unpaired) electrons. The number of ether oxygens (including phenoxy) is 1. The zero-order valence-corrected chi connectivity index (χ0v) is 13.5. The minimum Gasteiger partial charge on any atom is -0.372 e. The van der Waals surface area contributed by atoms with E-state index >= 15 is 0 Å². The van der Waals surface area contributed by atoms with Gasteiger partial charge in [-0.05, 0) is 41.8 Å². The number of nitro benzene ring substituents is 1. The van der Waals surface area contributed by atoms with Crippen LogP contribution in [0.4, 0.5) is 11.4 Å². The Morgan fingerprint density at radius 1 is 1.40 bits per heavy atom. The molecule has 20 heavy (non-hydrogen) atoms. The molecule has 2 atom stereocenters. The fourth-order valence-corrected chi connectivity index (χ4v) is 3.47. The number of benzene rings is 1. The Balaban J connectivity index is 2.42. The van der Waals surface area contributed by atoms with E-state index in [0.717, 1.165) is 35.2 Å². The van der Waals surface area contributed by atoms with E-state index in [1.165, 1.54) is 0 Å². The van der Waals surface area contributed by atoms with Gasteiger partial charge in [-0.1, -0.05) is 6.92 Å². The van der Waals surface area contributed by atoms with Gasteiger partial charge in [-0.15, -0.1) is 0 Å². The van der Waals surface area contributed by atoms with Crippen LogP contribution in [0.3, 0.4) is 0 Å². The molecule has 1 aromatic carbocycles. The Kier molecular flexibility index (Phi) is 4.65. The number of hydrogen-bond donors (Lipinski definition) is 0. The summed E-state index contributed by atoms with van der Waals surface area (Å²) in [5.41, 5.74) is 2.18. The number of anilines is 1. The van der Waals surface area contributed by atoms with Crippen molar-refractivity contribution in [3.05, 3.63) is 32.3 Å². The third-order valence-electron chi connectivity index (χ3n) is 3.45. The molecular weight excluding hydrogens is 324 g/mol. The largest absolute Gasteiger partial charge is 0.372 e. The van der Waals surface area contributed by atoms with Crippen LogP contribution in [-0.2, 0) is 11.2 Å². The summed E-state index contributed by atoms with van der Waals surface area (Å²) in [6, 6.07) is 3.25. The topological polar surface area (TPSA) is 55.6 Å². The van der Waals surface area contributed by atoms with E-state index in [4.69, 9.17) is 4.74 Å². The molecule has 0 amide bonds. The third kappa shape index (κ3) is 3.12. The minimum atomic E-state index is -0.349. The number of nitro groups is 1. The van der Waals surface area contributed by atoms with E-state index in [0.29, 0.717) is 0 Å². The summed E-state index contributed by atoms with van der Waals surface area (Å²) < 4.78 is 6.53. The quantitative estimate of drug-likeness (QED) is 0.622. The zero-order chi connectivity index (χ0) is 14.9. The number of aryl methyl sites for hydroxylation is 1. The van der Waals surface area contributed by atoms with E-state index in [1.807, 2.05) is 20.8 Å². The van der Waals surface area contributed by atoms with Gasteiger partial charge in [-0.2, -0.15) is 0 Å². The van der Waals surface area contributed by atoms with E-state index < -0.39 is 0 Å². The molecule has 6 heteroatoms. The fourth-order valence-electron chi connectivity index (χ4n) is 2.73. The first kappa shape index (κ1) is 15.3. The van der Waals surface area contributed by atoms with Crippen molar-refractivity contribution in [3.63, 3.8) is 0 Å². The van der Waals surface area contributed by atoms with Crippen LogP contribution in [0, 0.1) is 10.1 Å². The molecule has 0 unspecified atom stereocenters. The van der Waals surface area contributed by atoms with Crippen LogP contribution >= 0.6 is 15.9 Å². The lowest BCUT2D eigenvalue weighted by atomic mass is 10.1. The molecule has 0 saturated carbocycles. The summed E-state index contributed by atoms with van der Waals surface area (Å²) in [7, 11) is 0. The van der Waals surface area contributed by atoms with Crippen LogP contribution in [0.1, 0.15) is 26.3 Å². The Labute approximate surface area is 127 Å². The molecule has 1 fully saturated rings. The Morgan fingerprint density at radius 2 is 2.00 bits per heavy atom. The van der Waals surface area contributed by atoms with Crippen molar-refractivity contribution in [1.82, 2.24) is 0 Å². The molecule has 1 saturated heterocycles. The second kappa shape index (κ2) is 6.10. The highest BCUT2D eigenvalue weighted by Gasteiger charge is 2.26. The van der Waals surface area contributed by atoms with Crippen molar-refractivity contribution in [1.29, 1.82) is 0 Å². The van der Waals surface area contributed by atoms with Gasteiger partial charge in [0, 0.05) is 29.7 Å². The number of halogens is 1. The first-order valence-corrected chi connectivity index (χ1v) is 7.58. The number of morpholine rings is 1. The van der Waals surface area contributed by atoms with E-state index in [1.54, 1.807) is 12.1 Å². The summed E-state index contributed by atoms with van der Waals surface area (Å²) in [6.45, 7) is 7.71. The SMILES string of the molecule is CCc1cc([N+](=O)[O-])cc(Br)c1N1C[C@@H](C)O[C@H](C)C1. The van der Waals surface area contributed by atoms with Gasteiger partial charge in [-0.25, -0.2) is 0 Å². The van der Waals surface area contributed by atoms with Crippen LogP contribution in [0.15, 0.2) is 16.6 Å². The van der Waals surface area contributed by atoms with Crippen LogP contribution in [-0.4, -0.2) is 30.2 Å². The van der Waals surface area contributed by atoms with Gasteiger partial charge in [0.25, 0.3) is 5.69 Å². The maximum absolute atomic E-state index is 11.0. The molecule has 1 aliphatic heterocycles. The second-order valence-electron chi connectivity index (χ2n) is 5.21. The minimum absolute atomic E-state index is 0.131. The van der Waals surface area contributed by atoms with Gasteiger partial charge in [0.05, 0.1) is 22.8 Å². The molecule has 110 valence electrons. The number of rotatable bonds is 3. The summed E-state index contributed by atoms with van der Waals surface area (Å²) in [4.78, 5) is 12.9. The number of nitrogens with zero attached hydrogens (tertiary/aromatic N) is 2. The van der Waals surface area contributed by atoms with Crippen molar-refractivity contribution >= 4 is 27.3 Å². The summed E-state index contributed by atoms with van der Waals surface area (Å²) in [5.74, 6) is 0. The monoisotopic (exact) mass is 342 g/mol. The summed E-state index contributed by atoms with van der Waals surface area (Å²) >= 11 is 3.50. The third-order valence-corrected chi connectivity index (χ3v) is 4.06. The van der Waals surface area contributed by atoms with Gasteiger partial charge in [0.15, 0.2) is 0 Å². The van der Waals surface area contributed by atoms with Gasteiger partial charge in [-0.3, -0.25) is 10.1 Å². The molecule has 1 aromatic rings. The maximum Gasteiger partial charge on any atom is 0.270 e. The normalized spacial score (nSPS) is 22.9. The number of non-ortho nitro benzene ring substituents is 1. The molecule has 2 rings (SSSR count). The fraction of sp³-hybridized carbons (Fsp3) is 0.571. The molecule has 0 aliphatic carbocycles. The molecule has 1 heterocycles. The van der Waals surface area contributed by atoms with Crippen molar-refractivity contribution in [2.24, 2.45) is 0 Å². The lowest BCUT2D eigenvalue weighted by Gasteiger charge is -2.38. The van der Waals surface area contributed by atoms with Crippen LogP contribution < -0.4 is 4.90 Å². The highest BCUT2D eigenvalue weighted by Crippen LogP contribution is 2.36. The van der Waals surface area contributed by atoms with Crippen molar-refractivity contribution in [3.8, 4) is 0 Å².